The molecule has 2 aromatic carbocycles. The predicted molar refractivity (Wildman–Crippen MR) is 83.0 cm³/mol. The first kappa shape index (κ1) is 16.3. The molecule has 0 radical (unpaired) electrons. The normalized spacial score (nSPS) is 14.7. The Balaban J connectivity index is 1.94. The Bertz CT molecular complexity index is 870. The Kier molecular flexibility index (Phi) is 3.93. The highest BCUT2D eigenvalue weighted by molar-refractivity contribution is 6.50. The lowest BCUT2D eigenvalue weighted by Crippen LogP contribution is -2.24. The summed E-state index contributed by atoms with van der Waals surface area (Å²) in [5.74, 6) is -1.00. The minimum Gasteiger partial charge on any atom is -0.351 e. The van der Waals surface area contributed by atoms with E-state index in [1.165, 1.54) is 12.1 Å². The smallest absolute Gasteiger partial charge is 0.351 e. The molecule has 3 nitrogen and oxygen atoms in total. The third-order valence-corrected chi connectivity index (χ3v) is 3.90. The number of hydrogen-bond acceptors (Lipinski definition) is 3. The first-order valence-electron chi connectivity index (χ1n) is 6.81. The SMILES string of the molecule is O=C1C(Cl)=C(Nc2ccc(C(F)(F)F)cc2)C(=O)c2ccccc21. The molecule has 0 saturated carbocycles. The quantitative estimate of drug-likeness (QED) is 0.857. The van der Waals surface area contributed by atoms with Crippen LogP contribution < -0.4 is 5.32 Å². The molecule has 0 spiro atoms. The van der Waals surface area contributed by atoms with Crippen LogP contribution in [-0.4, -0.2) is 11.6 Å². The van der Waals surface area contributed by atoms with Gasteiger partial charge in [0.1, 0.15) is 10.7 Å². The monoisotopic (exact) mass is 351 g/mol. The van der Waals surface area contributed by atoms with E-state index in [9.17, 15) is 22.8 Å². The Morgan fingerprint density at radius 1 is 0.833 bits per heavy atom. The van der Waals surface area contributed by atoms with Crippen LogP contribution in [-0.2, 0) is 6.18 Å². The van der Waals surface area contributed by atoms with Crippen LogP contribution in [0.25, 0.3) is 0 Å². The van der Waals surface area contributed by atoms with Crippen molar-refractivity contribution < 1.29 is 22.8 Å². The summed E-state index contributed by atoms with van der Waals surface area (Å²) in [6, 6.07) is 10.3. The number of benzene rings is 2. The summed E-state index contributed by atoms with van der Waals surface area (Å²) < 4.78 is 37.7. The van der Waals surface area contributed by atoms with Gasteiger partial charge in [-0.2, -0.15) is 13.2 Å². The Morgan fingerprint density at radius 2 is 1.38 bits per heavy atom. The second-order valence-electron chi connectivity index (χ2n) is 5.09. The fourth-order valence-electron chi connectivity index (χ4n) is 2.34. The molecule has 24 heavy (non-hydrogen) atoms. The number of carbonyl (C=O) groups excluding carboxylic acids is 2. The van der Waals surface area contributed by atoms with Crippen molar-refractivity contribution in [2.75, 3.05) is 5.32 Å². The van der Waals surface area contributed by atoms with Crippen molar-refractivity contribution in [2.24, 2.45) is 0 Å². The summed E-state index contributed by atoms with van der Waals surface area (Å²) in [7, 11) is 0. The van der Waals surface area contributed by atoms with E-state index in [-0.39, 0.29) is 27.5 Å². The average molecular weight is 352 g/mol. The van der Waals surface area contributed by atoms with E-state index in [4.69, 9.17) is 11.6 Å². The van der Waals surface area contributed by atoms with Crippen molar-refractivity contribution in [3.63, 3.8) is 0 Å². The molecule has 0 aromatic heterocycles. The van der Waals surface area contributed by atoms with E-state index >= 15 is 0 Å². The third-order valence-electron chi connectivity index (χ3n) is 3.54. The summed E-state index contributed by atoms with van der Waals surface area (Å²) >= 11 is 5.98. The van der Waals surface area contributed by atoms with Gasteiger partial charge < -0.3 is 5.32 Å². The fourth-order valence-corrected chi connectivity index (χ4v) is 2.58. The van der Waals surface area contributed by atoms with Crippen molar-refractivity contribution in [3.8, 4) is 0 Å². The highest BCUT2D eigenvalue weighted by Crippen LogP contribution is 2.32. The molecule has 1 aliphatic rings. The molecule has 0 amide bonds. The van der Waals surface area contributed by atoms with Crippen molar-refractivity contribution in [1.29, 1.82) is 0 Å². The minimum absolute atomic E-state index is 0.153. The van der Waals surface area contributed by atoms with Gasteiger partial charge in [-0.05, 0) is 24.3 Å². The van der Waals surface area contributed by atoms with Gasteiger partial charge in [-0.1, -0.05) is 35.9 Å². The number of halogens is 4. The van der Waals surface area contributed by atoms with Crippen LogP contribution in [0.15, 0.2) is 59.3 Å². The predicted octanol–water partition coefficient (Wildman–Crippen LogP) is 4.65. The number of hydrogen-bond donors (Lipinski definition) is 1. The molecule has 1 N–H and O–H groups in total. The molecule has 7 heteroatoms. The van der Waals surface area contributed by atoms with E-state index in [1.807, 2.05) is 0 Å². The van der Waals surface area contributed by atoms with E-state index in [1.54, 1.807) is 12.1 Å². The van der Waals surface area contributed by atoms with Crippen LogP contribution in [0.2, 0.25) is 0 Å². The molecule has 0 bridgehead atoms. The molecule has 2 aromatic rings. The van der Waals surface area contributed by atoms with E-state index < -0.39 is 23.3 Å². The van der Waals surface area contributed by atoms with Crippen LogP contribution >= 0.6 is 11.6 Å². The second kappa shape index (κ2) is 5.79. The average Bonchev–Trinajstić information content (AvgIpc) is 2.56. The summed E-state index contributed by atoms with van der Waals surface area (Å²) in [6.07, 6.45) is -4.45. The molecule has 0 atom stereocenters. The van der Waals surface area contributed by atoms with Gasteiger partial charge in [0.2, 0.25) is 11.6 Å². The highest BCUT2D eigenvalue weighted by atomic mass is 35.5. The molecule has 1 aliphatic carbocycles. The van der Waals surface area contributed by atoms with Gasteiger partial charge in [0.25, 0.3) is 0 Å². The van der Waals surface area contributed by atoms with Gasteiger partial charge in [0.15, 0.2) is 0 Å². The summed E-state index contributed by atoms with van der Waals surface area (Å²) in [6.45, 7) is 0. The third kappa shape index (κ3) is 2.80. The van der Waals surface area contributed by atoms with Gasteiger partial charge in [0.05, 0.1) is 5.56 Å². The van der Waals surface area contributed by atoms with Crippen molar-refractivity contribution in [1.82, 2.24) is 0 Å². The van der Waals surface area contributed by atoms with Crippen LogP contribution in [0.4, 0.5) is 18.9 Å². The number of carbonyl (C=O) groups is 2. The fraction of sp³-hybridized carbons (Fsp3) is 0.0588. The molecule has 0 heterocycles. The van der Waals surface area contributed by atoms with Crippen LogP contribution in [0.1, 0.15) is 26.3 Å². The Morgan fingerprint density at radius 3 is 1.92 bits per heavy atom. The number of fused-ring (bicyclic) bond motifs is 1. The summed E-state index contributed by atoms with van der Waals surface area (Å²) in [4.78, 5) is 24.7. The largest absolute Gasteiger partial charge is 0.416 e. The maximum atomic E-state index is 12.6. The zero-order valence-electron chi connectivity index (χ0n) is 11.9. The van der Waals surface area contributed by atoms with Crippen LogP contribution in [0.3, 0.4) is 0 Å². The van der Waals surface area contributed by atoms with E-state index in [0.29, 0.717) is 0 Å². The number of allylic oxidation sites excluding steroid dienone is 2. The van der Waals surface area contributed by atoms with E-state index in [0.717, 1.165) is 24.3 Å². The first-order valence-corrected chi connectivity index (χ1v) is 7.19. The molecule has 3 rings (SSSR count). The zero-order chi connectivity index (χ0) is 17.5. The lowest BCUT2D eigenvalue weighted by Gasteiger charge is -2.19. The number of anilines is 1. The molecule has 0 aliphatic heterocycles. The lowest BCUT2D eigenvalue weighted by atomic mass is 9.92. The van der Waals surface area contributed by atoms with Gasteiger partial charge in [-0.25, -0.2) is 0 Å². The molecular formula is C17H9ClF3NO2. The first-order chi connectivity index (χ1) is 11.3. The number of nitrogens with one attached hydrogen (secondary N) is 1. The number of ketones is 2. The maximum absolute atomic E-state index is 12.6. The molecule has 0 fully saturated rings. The van der Waals surface area contributed by atoms with Crippen molar-refractivity contribution in [3.05, 3.63) is 76.0 Å². The lowest BCUT2D eigenvalue weighted by molar-refractivity contribution is -0.137. The van der Waals surface area contributed by atoms with Crippen LogP contribution in [0, 0.1) is 0 Å². The molecular weight excluding hydrogens is 343 g/mol. The summed E-state index contributed by atoms with van der Waals surface area (Å²) in [5, 5.41) is 2.35. The molecule has 0 saturated heterocycles. The standard InChI is InChI=1S/C17H9ClF3NO2/c18-13-14(16(24)12-4-2-1-3-11(12)15(13)23)22-10-7-5-9(6-8-10)17(19,20)21/h1-8,22H. The Hall–Kier alpha value is -2.60. The molecule has 122 valence electrons. The number of rotatable bonds is 2. The minimum atomic E-state index is -4.45. The van der Waals surface area contributed by atoms with Crippen molar-refractivity contribution in [2.45, 2.75) is 6.18 Å². The van der Waals surface area contributed by atoms with Gasteiger partial charge in [-0.15, -0.1) is 0 Å². The van der Waals surface area contributed by atoms with Gasteiger partial charge >= 0.3 is 6.18 Å². The maximum Gasteiger partial charge on any atom is 0.416 e. The number of Topliss-reactive ketones (excluding diaryl/α,β-unsaturated/α-hetero) is 2. The summed E-state index contributed by atoms with van der Waals surface area (Å²) in [5.41, 5.74) is -0.354. The van der Waals surface area contributed by atoms with Crippen LogP contribution in [0.5, 0.6) is 0 Å². The number of alkyl halides is 3. The highest BCUT2D eigenvalue weighted by Gasteiger charge is 2.32. The second-order valence-corrected chi connectivity index (χ2v) is 5.47. The topological polar surface area (TPSA) is 46.2 Å². The van der Waals surface area contributed by atoms with Crippen molar-refractivity contribution >= 4 is 28.9 Å². The van der Waals surface area contributed by atoms with E-state index in [2.05, 4.69) is 5.32 Å². The zero-order valence-corrected chi connectivity index (χ0v) is 12.7. The molecule has 0 unspecified atom stereocenters. The Labute approximate surface area is 139 Å². The van der Waals surface area contributed by atoms with Gasteiger partial charge in [-0.3, -0.25) is 9.59 Å². The van der Waals surface area contributed by atoms with Gasteiger partial charge in [0, 0.05) is 16.8 Å².